The first kappa shape index (κ1) is 18.9. The molecule has 0 bridgehead atoms. The van der Waals surface area contributed by atoms with Crippen molar-refractivity contribution in [1.82, 2.24) is 0 Å². The van der Waals surface area contributed by atoms with E-state index in [1.807, 2.05) is 0 Å². The highest BCUT2D eigenvalue weighted by Gasteiger charge is 2.29. The van der Waals surface area contributed by atoms with Crippen molar-refractivity contribution < 1.29 is 13.1 Å². The molecule has 1 fully saturated rings. The summed E-state index contributed by atoms with van der Waals surface area (Å²) in [5.74, 6) is 0. The van der Waals surface area contributed by atoms with Crippen LogP contribution in [0.25, 0.3) is 43.5 Å². The molecule has 2 heterocycles. The molecule has 1 aromatic heterocycles. The van der Waals surface area contributed by atoms with Crippen LogP contribution in [-0.2, 0) is 4.74 Å². The molecule has 0 aliphatic carbocycles. The van der Waals surface area contributed by atoms with Gasteiger partial charge >= 0.3 is 8.16 Å². The summed E-state index contributed by atoms with van der Waals surface area (Å²) < 4.78 is 21.2. The second-order valence-corrected chi connectivity index (χ2v) is 9.51. The van der Waals surface area contributed by atoms with E-state index in [1.165, 1.54) is 21.5 Å². The fourth-order valence-electron chi connectivity index (χ4n) is 4.86. The Morgan fingerprint density at radius 3 is 2.00 bits per heavy atom. The summed E-state index contributed by atoms with van der Waals surface area (Å²) in [5, 5.41) is 7.03. The molecule has 6 rings (SSSR count). The van der Waals surface area contributed by atoms with Gasteiger partial charge in [0.05, 0.1) is 6.61 Å². The maximum atomic E-state index is 6.67. The highest BCUT2D eigenvalue weighted by Crippen LogP contribution is 2.43. The summed E-state index contributed by atoms with van der Waals surface area (Å²) >= 11 is 0. The molecule has 1 atom stereocenters. The molecule has 156 valence electrons. The number of rotatable bonds is 3. The van der Waals surface area contributed by atoms with E-state index in [0.717, 1.165) is 41.3 Å². The Labute approximate surface area is 181 Å². The molecule has 0 spiro atoms. The Balaban J connectivity index is 1.79. The fraction of sp³-hybridized carbons (Fsp3) is 0.231. The van der Waals surface area contributed by atoms with E-state index in [2.05, 4.69) is 77.5 Å². The third kappa shape index (κ3) is 3.14. The minimum Gasteiger partial charge on any atom is -0.408 e. The van der Waals surface area contributed by atoms with Crippen molar-refractivity contribution in [1.29, 1.82) is 0 Å². The number of hydrogen-bond acceptors (Lipinski definition) is 4. The van der Waals surface area contributed by atoms with E-state index in [1.54, 1.807) is 7.11 Å². The summed E-state index contributed by atoms with van der Waals surface area (Å²) in [7, 11) is 0.484. The third-order valence-electron chi connectivity index (χ3n) is 6.30. The van der Waals surface area contributed by atoms with Crippen LogP contribution in [0.15, 0.2) is 81.2 Å². The second-order valence-electron chi connectivity index (χ2n) is 8.15. The van der Waals surface area contributed by atoms with Gasteiger partial charge < -0.3 is 13.1 Å². The minimum atomic E-state index is -1.28. The first-order valence-electron chi connectivity index (χ1n) is 10.8. The fourth-order valence-corrected chi connectivity index (χ4v) is 6.50. The van der Waals surface area contributed by atoms with Crippen LogP contribution in [0.4, 0.5) is 0 Å². The molecule has 5 aromatic rings. The monoisotopic (exact) mass is 429 g/mol. The van der Waals surface area contributed by atoms with E-state index >= 15 is 0 Å². The van der Waals surface area contributed by atoms with Crippen LogP contribution < -0.4 is 4.67 Å². The van der Waals surface area contributed by atoms with Gasteiger partial charge in [-0.15, -0.1) is 0 Å². The molecular formula is C26H24NO3P. The van der Waals surface area contributed by atoms with Gasteiger partial charge in [-0.3, -0.25) is 0 Å². The lowest BCUT2D eigenvalue weighted by molar-refractivity contribution is 0.182. The topological polar surface area (TPSA) is 38.8 Å². The first-order chi connectivity index (χ1) is 15.3. The smallest absolute Gasteiger partial charge is 0.310 e. The number of hydrogen-bond donors (Lipinski definition) is 0. The highest BCUT2D eigenvalue weighted by molar-refractivity contribution is 7.39. The van der Waals surface area contributed by atoms with Gasteiger partial charge in [0.2, 0.25) is 0 Å². The van der Waals surface area contributed by atoms with E-state index in [9.17, 15) is 0 Å². The Morgan fingerprint density at radius 2 is 1.42 bits per heavy atom. The SMILES string of the molecule is COC[C@@H]1CCCN1p1oc2ccc3ccccc3c2c2c(ccc3ccccc32)o1. The van der Waals surface area contributed by atoms with Crippen LogP contribution in [0.5, 0.6) is 0 Å². The normalized spacial score (nSPS) is 17.3. The first-order valence-corrected chi connectivity index (χ1v) is 11.9. The van der Waals surface area contributed by atoms with Gasteiger partial charge in [0.25, 0.3) is 0 Å². The number of ether oxygens (including phenoxy) is 1. The molecule has 0 amide bonds. The average Bonchev–Trinajstić information content (AvgIpc) is 3.19. The zero-order chi connectivity index (χ0) is 20.8. The van der Waals surface area contributed by atoms with Crippen LogP contribution in [0, 0.1) is 0 Å². The van der Waals surface area contributed by atoms with Gasteiger partial charge in [-0.25, -0.2) is 0 Å². The molecule has 1 aliphatic rings. The Bertz CT molecular complexity index is 1360. The molecule has 0 N–H and O–H groups in total. The average molecular weight is 429 g/mol. The van der Waals surface area contributed by atoms with Crippen LogP contribution in [0.3, 0.4) is 0 Å². The summed E-state index contributed by atoms with van der Waals surface area (Å²) in [5.41, 5.74) is 1.78. The van der Waals surface area contributed by atoms with Crippen molar-refractivity contribution in [2.45, 2.75) is 18.9 Å². The van der Waals surface area contributed by atoms with E-state index in [0.29, 0.717) is 12.6 Å². The maximum absolute atomic E-state index is 6.67. The lowest BCUT2D eigenvalue weighted by atomic mass is 9.99. The quantitative estimate of drug-likeness (QED) is 0.301. The molecule has 1 saturated heterocycles. The number of nitrogens with zero attached hydrogens (tertiary/aromatic N) is 1. The zero-order valence-electron chi connectivity index (χ0n) is 17.5. The summed E-state index contributed by atoms with van der Waals surface area (Å²) in [6, 6.07) is 25.9. The Morgan fingerprint density at radius 1 is 0.839 bits per heavy atom. The largest absolute Gasteiger partial charge is 0.408 e. The second kappa shape index (κ2) is 7.72. The number of methoxy groups -OCH3 is 1. The minimum absolute atomic E-state index is 0.321. The third-order valence-corrected chi connectivity index (χ3v) is 7.95. The summed E-state index contributed by atoms with van der Waals surface area (Å²) in [6.07, 6.45) is 2.24. The van der Waals surface area contributed by atoms with E-state index in [-0.39, 0.29) is 0 Å². The zero-order valence-corrected chi connectivity index (χ0v) is 18.3. The van der Waals surface area contributed by atoms with Crippen molar-refractivity contribution >= 4 is 51.6 Å². The van der Waals surface area contributed by atoms with Gasteiger partial charge in [0.1, 0.15) is 11.2 Å². The summed E-state index contributed by atoms with van der Waals surface area (Å²) in [6.45, 7) is 1.66. The molecule has 4 aromatic carbocycles. The molecule has 0 unspecified atom stereocenters. The predicted molar refractivity (Wildman–Crippen MR) is 129 cm³/mol. The van der Waals surface area contributed by atoms with Crippen molar-refractivity contribution in [2.24, 2.45) is 0 Å². The number of fused-ring (bicyclic) bond motifs is 7. The van der Waals surface area contributed by atoms with Crippen LogP contribution in [-0.4, -0.2) is 26.3 Å². The maximum Gasteiger partial charge on any atom is 0.310 e. The molecule has 4 nitrogen and oxygen atoms in total. The Hall–Kier alpha value is -2.78. The van der Waals surface area contributed by atoms with Crippen molar-refractivity contribution in [3.05, 3.63) is 72.8 Å². The molecule has 1 aliphatic heterocycles. The van der Waals surface area contributed by atoms with E-state index < -0.39 is 8.16 Å². The van der Waals surface area contributed by atoms with Crippen LogP contribution in [0.1, 0.15) is 12.8 Å². The summed E-state index contributed by atoms with van der Waals surface area (Å²) in [4.78, 5) is 0. The van der Waals surface area contributed by atoms with Crippen LogP contribution >= 0.6 is 8.16 Å². The van der Waals surface area contributed by atoms with E-state index in [4.69, 9.17) is 13.1 Å². The predicted octanol–water partition coefficient (Wildman–Crippen LogP) is 7.34. The Kier molecular flexibility index (Phi) is 4.72. The molecule has 0 saturated carbocycles. The molecular weight excluding hydrogens is 405 g/mol. The standard InChI is InChI=1S/C26H24NO3P/c1-28-17-20-9-6-16-27(20)31-29-23-14-12-18-7-2-4-10-21(18)25(23)26-22-11-5-3-8-19(22)13-15-24(26)30-31/h2-5,7-8,10-15,20H,6,9,16-17H2,1H3/t20-/m0/s1. The molecule has 31 heavy (non-hydrogen) atoms. The number of benzene rings is 4. The van der Waals surface area contributed by atoms with Gasteiger partial charge in [-0.05, 0) is 46.5 Å². The molecule has 0 radical (unpaired) electrons. The molecule has 5 heteroatoms. The highest BCUT2D eigenvalue weighted by atomic mass is 31.1. The van der Waals surface area contributed by atoms with Crippen LogP contribution in [0.2, 0.25) is 0 Å². The lowest BCUT2D eigenvalue weighted by Crippen LogP contribution is -2.30. The van der Waals surface area contributed by atoms with Crippen molar-refractivity contribution in [2.75, 3.05) is 24.9 Å². The lowest BCUT2D eigenvalue weighted by Gasteiger charge is -2.19. The van der Waals surface area contributed by atoms with Gasteiger partial charge in [0, 0.05) is 30.5 Å². The van der Waals surface area contributed by atoms with Gasteiger partial charge in [-0.1, -0.05) is 60.7 Å². The van der Waals surface area contributed by atoms with Gasteiger partial charge in [0.15, 0.2) is 0 Å². The van der Waals surface area contributed by atoms with Crippen molar-refractivity contribution in [3.8, 4) is 0 Å². The van der Waals surface area contributed by atoms with Crippen molar-refractivity contribution in [3.63, 3.8) is 0 Å². The van der Waals surface area contributed by atoms with Gasteiger partial charge in [-0.2, -0.15) is 4.67 Å².